The SMILES string of the molecule is Cc1ccc([N+](=O)[O-])cc1C(=O)N1CCC(C(C)O)CC1. The van der Waals surface area contributed by atoms with E-state index in [9.17, 15) is 20.0 Å². The van der Waals surface area contributed by atoms with Gasteiger partial charge in [0.15, 0.2) is 0 Å². The van der Waals surface area contributed by atoms with Gasteiger partial charge in [0.1, 0.15) is 0 Å². The average molecular weight is 292 g/mol. The average Bonchev–Trinajstić information content (AvgIpc) is 2.47. The van der Waals surface area contributed by atoms with Crippen molar-refractivity contribution in [2.24, 2.45) is 5.92 Å². The lowest BCUT2D eigenvalue weighted by Crippen LogP contribution is -2.41. The molecule has 1 atom stereocenters. The van der Waals surface area contributed by atoms with Crippen LogP contribution in [0.25, 0.3) is 0 Å². The van der Waals surface area contributed by atoms with E-state index in [2.05, 4.69) is 0 Å². The van der Waals surface area contributed by atoms with Crippen LogP contribution in [-0.4, -0.2) is 40.0 Å². The van der Waals surface area contributed by atoms with E-state index >= 15 is 0 Å². The molecule has 1 aromatic rings. The molecular weight excluding hydrogens is 272 g/mol. The summed E-state index contributed by atoms with van der Waals surface area (Å²) < 4.78 is 0. The number of piperidine rings is 1. The molecule has 1 aromatic carbocycles. The Morgan fingerprint density at radius 1 is 1.43 bits per heavy atom. The van der Waals surface area contributed by atoms with E-state index < -0.39 is 4.92 Å². The van der Waals surface area contributed by atoms with Crippen LogP contribution in [0.4, 0.5) is 5.69 Å². The lowest BCUT2D eigenvalue weighted by Gasteiger charge is -2.33. The van der Waals surface area contributed by atoms with Crippen LogP contribution in [0.5, 0.6) is 0 Å². The number of amides is 1. The maximum atomic E-state index is 12.5. The molecule has 1 aliphatic rings. The van der Waals surface area contributed by atoms with E-state index in [1.54, 1.807) is 24.8 Å². The van der Waals surface area contributed by atoms with Gasteiger partial charge in [0.25, 0.3) is 11.6 Å². The van der Waals surface area contributed by atoms with E-state index in [-0.39, 0.29) is 23.6 Å². The molecule has 6 nitrogen and oxygen atoms in total. The molecule has 0 saturated carbocycles. The number of rotatable bonds is 3. The number of carbonyl (C=O) groups excluding carboxylic acids is 1. The fourth-order valence-electron chi connectivity index (χ4n) is 2.71. The fourth-order valence-corrected chi connectivity index (χ4v) is 2.71. The molecule has 1 unspecified atom stereocenters. The minimum absolute atomic E-state index is 0.0668. The molecule has 21 heavy (non-hydrogen) atoms. The lowest BCUT2D eigenvalue weighted by molar-refractivity contribution is -0.384. The summed E-state index contributed by atoms with van der Waals surface area (Å²) in [7, 11) is 0. The lowest BCUT2D eigenvalue weighted by atomic mass is 9.91. The summed E-state index contributed by atoms with van der Waals surface area (Å²) >= 11 is 0. The van der Waals surface area contributed by atoms with Crippen molar-refractivity contribution < 1.29 is 14.8 Å². The highest BCUT2D eigenvalue weighted by Crippen LogP contribution is 2.24. The third-order valence-corrected chi connectivity index (χ3v) is 4.17. The second-order valence-electron chi connectivity index (χ2n) is 5.63. The van der Waals surface area contributed by atoms with Crippen molar-refractivity contribution in [3.05, 3.63) is 39.4 Å². The van der Waals surface area contributed by atoms with Crippen molar-refractivity contribution in [3.8, 4) is 0 Å². The van der Waals surface area contributed by atoms with Crippen LogP contribution >= 0.6 is 0 Å². The molecule has 0 aliphatic carbocycles. The molecule has 1 N–H and O–H groups in total. The zero-order valence-electron chi connectivity index (χ0n) is 12.3. The van der Waals surface area contributed by atoms with Gasteiger partial charge in [0, 0.05) is 30.8 Å². The van der Waals surface area contributed by atoms with Crippen molar-refractivity contribution >= 4 is 11.6 Å². The quantitative estimate of drug-likeness (QED) is 0.683. The molecule has 6 heteroatoms. The topological polar surface area (TPSA) is 83.7 Å². The Morgan fingerprint density at radius 3 is 2.57 bits per heavy atom. The summed E-state index contributed by atoms with van der Waals surface area (Å²) in [6, 6.07) is 4.36. The van der Waals surface area contributed by atoms with Crippen LogP contribution in [-0.2, 0) is 0 Å². The van der Waals surface area contributed by atoms with Crippen molar-refractivity contribution in [1.82, 2.24) is 4.90 Å². The molecule has 1 amide bonds. The molecule has 114 valence electrons. The number of carbonyl (C=O) groups is 1. The van der Waals surface area contributed by atoms with Gasteiger partial charge in [-0.3, -0.25) is 14.9 Å². The number of nitro benzene ring substituents is 1. The maximum absolute atomic E-state index is 12.5. The van der Waals surface area contributed by atoms with Crippen molar-refractivity contribution in [2.45, 2.75) is 32.8 Å². The van der Waals surface area contributed by atoms with Gasteiger partial charge in [0.2, 0.25) is 0 Å². The van der Waals surface area contributed by atoms with E-state index in [1.807, 2.05) is 0 Å². The Kier molecular flexibility index (Phi) is 4.57. The highest BCUT2D eigenvalue weighted by Gasteiger charge is 2.27. The normalized spacial score (nSPS) is 17.6. The van der Waals surface area contributed by atoms with Crippen molar-refractivity contribution in [2.75, 3.05) is 13.1 Å². The molecule has 1 fully saturated rings. The molecule has 1 aliphatic heterocycles. The first kappa shape index (κ1) is 15.4. The molecule has 2 rings (SSSR count). The number of aryl methyl sites for hydroxylation is 1. The zero-order chi connectivity index (χ0) is 15.6. The Hall–Kier alpha value is -1.95. The van der Waals surface area contributed by atoms with Gasteiger partial charge in [-0.25, -0.2) is 0 Å². The van der Waals surface area contributed by atoms with Gasteiger partial charge >= 0.3 is 0 Å². The standard InChI is InChI=1S/C15H20N2O4/c1-10-3-4-13(17(20)21)9-14(10)15(19)16-7-5-12(6-8-16)11(2)18/h3-4,9,11-12,18H,5-8H2,1-2H3. The molecule has 0 aromatic heterocycles. The molecule has 1 heterocycles. The third-order valence-electron chi connectivity index (χ3n) is 4.17. The number of likely N-dealkylation sites (tertiary alicyclic amines) is 1. The highest BCUT2D eigenvalue weighted by molar-refractivity contribution is 5.96. The van der Waals surface area contributed by atoms with Crippen LogP contribution in [0.1, 0.15) is 35.7 Å². The number of benzene rings is 1. The Bertz CT molecular complexity index is 549. The number of nitrogens with zero attached hydrogens (tertiary/aromatic N) is 2. The molecular formula is C15H20N2O4. The summed E-state index contributed by atoms with van der Waals surface area (Å²) in [6.45, 7) is 4.71. The summed E-state index contributed by atoms with van der Waals surface area (Å²) in [4.78, 5) is 24.6. The highest BCUT2D eigenvalue weighted by atomic mass is 16.6. The van der Waals surface area contributed by atoms with Gasteiger partial charge < -0.3 is 10.0 Å². The van der Waals surface area contributed by atoms with Gasteiger partial charge in [0.05, 0.1) is 11.0 Å². The Morgan fingerprint density at radius 2 is 2.05 bits per heavy atom. The number of aliphatic hydroxyl groups is 1. The van der Waals surface area contributed by atoms with Crippen molar-refractivity contribution in [3.63, 3.8) is 0 Å². The van der Waals surface area contributed by atoms with Crippen LogP contribution < -0.4 is 0 Å². The second kappa shape index (κ2) is 6.22. The molecule has 0 radical (unpaired) electrons. The predicted molar refractivity (Wildman–Crippen MR) is 78.1 cm³/mol. The monoisotopic (exact) mass is 292 g/mol. The van der Waals surface area contributed by atoms with Crippen LogP contribution in [0.15, 0.2) is 18.2 Å². The van der Waals surface area contributed by atoms with Crippen molar-refractivity contribution in [1.29, 1.82) is 0 Å². The smallest absolute Gasteiger partial charge is 0.270 e. The second-order valence-corrected chi connectivity index (χ2v) is 5.63. The predicted octanol–water partition coefficient (Wildman–Crippen LogP) is 2.14. The Labute approximate surface area is 123 Å². The molecule has 1 saturated heterocycles. The number of hydrogen-bond donors (Lipinski definition) is 1. The first-order valence-electron chi connectivity index (χ1n) is 7.12. The van der Waals surface area contributed by atoms with E-state index in [0.717, 1.165) is 18.4 Å². The Balaban J connectivity index is 2.14. The summed E-state index contributed by atoms with van der Waals surface area (Å²) in [5, 5.41) is 20.4. The van der Waals surface area contributed by atoms with Crippen LogP contribution in [0, 0.1) is 23.0 Å². The van der Waals surface area contributed by atoms with Gasteiger partial charge in [-0.05, 0) is 38.2 Å². The summed E-state index contributed by atoms with van der Waals surface area (Å²) in [6.07, 6.45) is 1.16. The number of non-ortho nitro benzene ring substituents is 1. The van der Waals surface area contributed by atoms with E-state index in [4.69, 9.17) is 0 Å². The summed E-state index contributed by atoms with van der Waals surface area (Å²) in [5.41, 5.74) is 1.06. The third kappa shape index (κ3) is 3.39. The fraction of sp³-hybridized carbons (Fsp3) is 0.533. The minimum Gasteiger partial charge on any atom is -0.393 e. The molecule has 0 spiro atoms. The number of hydrogen-bond acceptors (Lipinski definition) is 4. The summed E-state index contributed by atoms with van der Waals surface area (Å²) in [5.74, 6) is 0.0560. The number of nitro groups is 1. The van der Waals surface area contributed by atoms with Gasteiger partial charge in [-0.2, -0.15) is 0 Å². The molecule has 0 bridgehead atoms. The number of aliphatic hydroxyl groups excluding tert-OH is 1. The first-order chi connectivity index (χ1) is 9.90. The maximum Gasteiger partial charge on any atom is 0.270 e. The zero-order valence-corrected chi connectivity index (χ0v) is 12.3. The van der Waals surface area contributed by atoms with Crippen LogP contribution in [0.3, 0.4) is 0 Å². The first-order valence-corrected chi connectivity index (χ1v) is 7.12. The van der Waals surface area contributed by atoms with E-state index in [0.29, 0.717) is 18.7 Å². The van der Waals surface area contributed by atoms with Gasteiger partial charge in [-0.1, -0.05) is 6.07 Å². The largest absolute Gasteiger partial charge is 0.393 e. The van der Waals surface area contributed by atoms with E-state index in [1.165, 1.54) is 12.1 Å². The van der Waals surface area contributed by atoms with Crippen LogP contribution in [0.2, 0.25) is 0 Å². The minimum atomic E-state index is -0.490. The van der Waals surface area contributed by atoms with Gasteiger partial charge in [-0.15, -0.1) is 0 Å².